The number of hydrogen-bond acceptors (Lipinski definition) is 2. The van der Waals surface area contributed by atoms with Crippen molar-refractivity contribution < 1.29 is 9.90 Å². The minimum absolute atomic E-state index is 0.0225. The Kier molecular flexibility index (Phi) is 1.76. The lowest BCUT2D eigenvalue weighted by atomic mass is 10.4. The molecule has 1 aliphatic rings. The third-order valence-electron chi connectivity index (χ3n) is 1.32. The first-order valence-corrected chi connectivity index (χ1v) is 3.02. The predicted molar refractivity (Wildman–Crippen MR) is 37.5 cm³/mol. The summed E-state index contributed by atoms with van der Waals surface area (Å²) >= 11 is 0. The highest BCUT2D eigenvalue weighted by molar-refractivity contribution is 5.88. The van der Waals surface area contributed by atoms with Crippen molar-refractivity contribution >= 4 is 5.91 Å². The maximum Gasteiger partial charge on any atom is 0.250 e. The second kappa shape index (κ2) is 2.56. The summed E-state index contributed by atoms with van der Waals surface area (Å²) < 4.78 is 0. The third-order valence-corrected chi connectivity index (χ3v) is 1.32. The molecule has 0 aromatic carbocycles. The van der Waals surface area contributed by atoms with E-state index in [9.17, 15) is 4.79 Å². The number of nitrogens with zero attached hydrogens (tertiary/aromatic N) is 1. The number of aliphatic hydroxyl groups is 1. The molecule has 1 amide bonds. The molecule has 0 radical (unpaired) electrons. The van der Waals surface area contributed by atoms with Crippen molar-refractivity contribution in [2.75, 3.05) is 13.6 Å². The summed E-state index contributed by atoms with van der Waals surface area (Å²) in [5.74, 6) is -0.142. The zero-order valence-corrected chi connectivity index (χ0v) is 5.74. The van der Waals surface area contributed by atoms with E-state index in [1.807, 2.05) is 0 Å². The van der Waals surface area contributed by atoms with Crippen molar-refractivity contribution in [1.29, 1.82) is 0 Å². The molecule has 1 heterocycles. The zero-order chi connectivity index (χ0) is 7.56. The van der Waals surface area contributed by atoms with Crippen LogP contribution in [0.5, 0.6) is 0 Å². The molecule has 0 fully saturated rings. The van der Waals surface area contributed by atoms with Crippen LogP contribution in [0.1, 0.15) is 0 Å². The molecule has 3 heteroatoms. The molecule has 0 bridgehead atoms. The van der Waals surface area contributed by atoms with Crippen molar-refractivity contribution in [3.05, 3.63) is 24.0 Å². The molecule has 0 atom stereocenters. The van der Waals surface area contributed by atoms with E-state index in [-0.39, 0.29) is 11.7 Å². The van der Waals surface area contributed by atoms with Crippen LogP contribution in [0.15, 0.2) is 24.0 Å². The maximum absolute atomic E-state index is 10.9. The van der Waals surface area contributed by atoms with Crippen LogP contribution in [-0.4, -0.2) is 29.5 Å². The van der Waals surface area contributed by atoms with Gasteiger partial charge in [-0.25, -0.2) is 0 Å². The van der Waals surface area contributed by atoms with E-state index in [1.165, 1.54) is 17.1 Å². The minimum atomic E-state index is -0.164. The molecule has 54 valence electrons. The highest BCUT2D eigenvalue weighted by Gasteiger charge is 2.06. The standard InChI is InChI=1S/C7H9NO2/c1-8-4-2-3-6(9)5-7(8)10/h2-3,5,9H,4H2,1H3. The molecule has 0 aromatic heterocycles. The lowest BCUT2D eigenvalue weighted by molar-refractivity contribution is -0.124. The van der Waals surface area contributed by atoms with Crippen LogP contribution in [-0.2, 0) is 4.79 Å². The average Bonchev–Trinajstić information content (AvgIpc) is 1.96. The molecule has 1 N–H and O–H groups in total. The fourth-order valence-corrected chi connectivity index (χ4v) is 0.706. The van der Waals surface area contributed by atoms with Gasteiger partial charge in [0.2, 0.25) is 5.91 Å². The van der Waals surface area contributed by atoms with Gasteiger partial charge in [-0.3, -0.25) is 4.79 Å². The van der Waals surface area contributed by atoms with Crippen molar-refractivity contribution in [3.8, 4) is 0 Å². The number of carbonyl (C=O) groups excluding carboxylic acids is 1. The van der Waals surface area contributed by atoms with E-state index in [0.29, 0.717) is 6.54 Å². The van der Waals surface area contributed by atoms with E-state index >= 15 is 0 Å². The Balaban J connectivity index is 2.81. The van der Waals surface area contributed by atoms with Gasteiger partial charge in [-0.2, -0.15) is 0 Å². The first-order chi connectivity index (χ1) is 4.70. The topological polar surface area (TPSA) is 40.5 Å². The molecule has 0 unspecified atom stereocenters. The summed E-state index contributed by atoms with van der Waals surface area (Å²) in [6.07, 6.45) is 4.45. The van der Waals surface area contributed by atoms with Gasteiger partial charge in [0.15, 0.2) is 0 Å². The van der Waals surface area contributed by atoms with Gasteiger partial charge in [-0.15, -0.1) is 0 Å². The van der Waals surface area contributed by atoms with Crippen LogP contribution in [0.4, 0.5) is 0 Å². The van der Waals surface area contributed by atoms with Gasteiger partial charge in [0.1, 0.15) is 5.76 Å². The lowest BCUT2D eigenvalue weighted by Crippen LogP contribution is -2.23. The highest BCUT2D eigenvalue weighted by atomic mass is 16.3. The number of likely N-dealkylation sites (N-methyl/N-ethyl adjacent to an activating group) is 1. The van der Waals surface area contributed by atoms with E-state index in [4.69, 9.17) is 5.11 Å². The Morgan fingerprint density at radius 1 is 1.70 bits per heavy atom. The molecular formula is C7H9NO2. The zero-order valence-electron chi connectivity index (χ0n) is 5.74. The monoisotopic (exact) mass is 139 g/mol. The number of amides is 1. The summed E-state index contributed by atoms with van der Waals surface area (Å²) in [6, 6.07) is 0. The predicted octanol–water partition coefficient (Wildman–Crippen LogP) is 0.457. The fraction of sp³-hybridized carbons (Fsp3) is 0.286. The van der Waals surface area contributed by atoms with Crippen molar-refractivity contribution in [2.45, 2.75) is 0 Å². The van der Waals surface area contributed by atoms with E-state index in [1.54, 1.807) is 13.1 Å². The second-order valence-electron chi connectivity index (χ2n) is 2.19. The van der Waals surface area contributed by atoms with E-state index < -0.39 is 0 Å². The molecule has 1 rings (SSSR count). The van der Waals surface area contributed by atoms with E-state index in [0.717, 1.165) is 0 Å². The second-order valence-corrected chi connectivity index (χ2v) is 2.19. The van der Waals surface area contributed by atoms with Gasteiger partial charge < -0.3 is 10.0 Å². The summed E-state index contributed by atoms with van der Waals surface area (Å²) in [4.78, 5) is 12.4. The summed E-state index contributed by atoms with van der Waals surface area (Å²) in [7, 11) is 1.68. The molecule has 0 spiro atoms. The number of hydrogen-bond donors (Lipinski definition) is 1. The van der Waals surface area contributed by atoms with Gasteiger partial charge in [0.25, 0.3) is 0 Å². The van der Waals surface area contributed by atoms with Gasteiger partial charge in [-0.1, -0.05) is 6.08 Å². The van der Waals surface area contributed by atoms with Crippen LogP contribution in [0, 0.1) is 0 Å². The number of aliphatic hydroxyl groups excluding tert-OH is 1. The van der Waals surface area contributed by atoms with Crippen LogP contribution < -0.4 is 0 Å². The van der Waals surface area contributed by atoms with Gasteiger partial charge in [-0.05, 0) is 6.08 Å². The summed E-state index contributed by atoms with van der Waals surface area (Å²) in [6.45, 7) is 0.555. The Morgan fingerprint density at radius 3 is 3.10 bits per heavy atom. The van der Waals surface area contributed by atoms with Crippen LogP contribution in [0.3, 0.4) is 0 Å². The maximum atomic E-state index is 10.9. The number of allylic oxidation sites excluding steroid dienone is 1. The molecule has 0 saturated heterocycles. The van der Waals surface area contributed by atoms with Crippen LogP contribution in [0.25, 0.3) is 0 Å². The molecular weight excluding hydrogens is 130 g/mol. The van der Waals surface area contributed by atoms with Gasteiger partial charge in [0, 0.05) is 19.7 Å². The number of rotatable bonds is 0. The molecule has 10 heavy (non-hydrogen) atoms. The SMILES string of the molecule is CN1CC=CC(O)=CC1=O. The average molecular weight is 139 g/mol. The first kappa shape index (κ1) is 6.86. The molecule has 0 saturated carbocycles. The summed E-state index contributed by atoms with van der Waals surface area (Å²) in [5, 5.41) is 8.90. The summed E-state index contributed by atoms with van der Waals surface area (Å²) in [5.41, 5.74) is 0. The highest BCUT2D eigenvalue weighted by Crippen LogP contribution is 1.99. The fourth-order valence-electron chi connectivity index (χ4n) is 0.706. The number of carbonyl (C=O) groups is 1. The Labute approximate surface area is 59.3 Å². The molecule has 0 aromatic rings. The molecule has 1 aliphatic heterocycles. The van der Waals surface area contributed by atoms with Crippen molar-refractivity contribution in [3.63, 3.8) is 0 Å². The Hall–Kier alpha value is -1.25. The normalized spacial score (nSPS) is 18.7. The quantitative estimate of drug-likeness (QED) is 0.529. The third kappa shape index (κ3) is 1.37. The van der Waals surface area contributed by atoms with Crippen molar-refractivity contribution in [2.24, 2.45) is 0 Å². The molecule has 3 nitrogen and oxygen atoms in total. The van der Waals surface area contributed by atoms with Crippen LogP contribution >= 0.6 is 0 Å². The Morgan fingerprint density at radius 2 is 2.40 bits per heavy atom. The van der Waals surface area contributed by atoms with Gasteiger partial charge in [0.05, 0.1) is 0 Å². The Bertz CT molecular complexity index is 206. The first-order valence-electron chi connectivity index (χ1n) is 3.02. The largest absolute Gasteiger partial charge is 0.508 e. The minimum Gasteiger partial charge on any atom is -0.508 e. The van der Waals surface area contributed by atoms with E-state index in [2.05, 4.69) is 0 Å². The smallest absolute Gasteiger partial charge is 0.250 e. The van der Waals surface area contributed by atoms with Crippen LogP contribution in [0.2, 0.25) is 0 Å². The lowest BCUT2D eigenvalue weighted by Gasteiger charge is -2.09. The molecule has 0 aliphatic carbocycles. The van der Waals surface area contributed by atoms with Gasteiger partial charge >= 0.3 is 0 Å². The van der Waals surface area contributed by atoms with Crippen molar-refractivity contribution in [1.82, 2.24) is 4.90 Å².